The fourth-order valence-electron chi connectivity index (χ4n) is 3.49. The number of aryl methyl sites for hydroxylation is 1. The molecule has 1 aliphatic rings. The van der Waals surface area contributed by atoms with Crippen molar-refractivity contribution in [2.75, 3.05) is 29.9 Å². The lowest BCUT2D eigenvalue weighted by Crippen LogP contribution is -2.55. The summed E-state index contributed by atoms with van der Waals surface area (Å²) < 4.78 is 4.52. The summed E-state index contributed by atoms with van der Waals surface area (Å²) in [7, 11) is 0. The smallest absolute Gasteiger partial charge is 0.322 e. The van der Waals surface area contributed by atoms with E-state index in [1.165, 1.54) is 22.7 Å². The molecule has 6 nitrogen and oxygen atoms in total. The zero-order valence-corrected chi connectivity index (χ0v) is 17.5. The minimum Gasteiger partial charge on any atom is -0.343 e. The maximum Gasteiger partial charge on any atom is 0.322 e. The molecule has 29 heavy (non-hydrogen) atoms. The van der Waals surface area contributed by atoms with Crippen molar-refractivity contribution in [2.45, 2.75) is 26.3 Å². The first kappa shape index (κ1) is 19.4. The summed E-state index contributed by atoms with van der Waals surface area (Å²) in [4.78, 5) is 21.5. The molecule has 0 saturated carbocycles. The number of carbonyl (C=O) groups excluding carboxylic acids is 1. The summed E-state index contributed by atoms with van der Waals surface area (Å²) in [5.74, 6) is 0.850. The number of carbonyl (C=O) groups is 1. The average Bonchev–Trinajstić information content (AvgIpc) is 3.19. The third-order valence-electron chi connectivity index (χ3n) is 5.12. The number of anilines is 2. The number of piperazine rings is 1. The van der Waals surface area contributed by atoms with Gasteiger partial charge in [0.05, 0.1) is 0 Å². The molecular weight excluding hydrogens is 382 g/mol. The van der Waals surface area contributed by atoms with Crippen LogP contribution in [0.2, 0.25) is 0 Å². The van der Waals surface area contributed by atoms with Gasteiger partial charge in [0.1, 0.15) is 5.82 Å². The third kappa shape index (κ3) is 4.74. The van der Waals surface area contributed by atoms with Crippen molar-refractivity contribution in [1.82, 2.24) is 14.3 Å². The van der Waals surface area contributed by atoms with Crippen LogP contribution in [0.5, 0.6) is 0 Å². The quantitative estimate of drug-likeness (QED) is 0.705. The number of hydrogen-bond donors (Lipinski definition) is 1. The van der Waals surface area contributed by atoms with Gasteiger partial charge in [-0.15, -0.1) is 0 Å². The fourth-order valence-corrected chi connectivity index (χ4v) is 4.21. The Kier molecular flexibility index (Phi) is 5.76. The summed E-state index contributed by atoms with van der Waals surface area (Å²) >= 11 is 1.44. The molecule has 0 radical (unpaired) electrons. The second kappa shape index (κ2) is 8.61. The van der Waals surface area contributed by atoms with Gasteiger partial charge in [0, 0.05) is 49.3 Å². The van der Waals surface area contributed by atoms with Gasteiger partial charge in [0.25, 0.3) is 0 Å². The standard InChI is InChI=1S/C22H25N5OS/c1-16-8-10-19(11-9-16)23-21(28)27-13-12-26(15-17(27)2)22-24-20(25-29-22)14-18-6-4-3-5-7-18/h3-11,17H,12-15H2,1-2H3,(H,23,28). The van der Waals surface area contributed by atoms with E-state index in [9.17, 15) is 4.79 Å². The largest absolute Gasteiger partial charge is 0.343 e. The Labute approximate surface area is 175 Å². The molecule has 2 amide bonds. The van der Waals surface area contributed by atoms with Gasteiger partial charge in [-0.1, -0.05) is 48.0 Å². The molecule has 0 bridgehead atoms. The predicted octanol–water partition coefficient (Wildman–Crippen LogP) is 4.18. The first-order chi connectivity index (χ1) is 14.1. The molecule has 1 unspecified atom stereocenters. The van der Waals surface area contributed by atoms with Crippen LogP contribution < -0.4 is 10.2 Å². The van der Waals surface area contributed by atoms with E-state index in [1.807, 2.05) is 54.3 Å². The maximum absolute atomic E-state index is 12.7. The number of hydrogen-bond acceptors (Lipinski definition) is 5. The van der Waals surface area contributed by atoms with E-state index in [1.54, 1.807) is 0 Å². The predicted molar refractivity (Wildman–Crippen MR) is 118 cm³/mol. The maximum atomic E-state index is 12.7. The molecule has 2 aromatic carbocycles. The highest BCUT2D eigenvalue weighted by molar-refractivity contribution is 7.09. The molecule has 0 spiro atoms. The van der Waals surface area contributed by atoms with Crippen LogP contribution in [0.1, 0.15) is 23.9 Å². The Hall–Kier alpha value is -2.93. The van der Waals surface area contributed by atoms with E-state index in [2.05, 4.69) is 33.6 Å². The van der Waals surface area contributed by atoms with Gasteiger partial charge in [-0.3, -0.25) is 0 Å². The van der Waals surface area contributed by atoms with E-state index < -0.39 is 0 Å². The van der Waals surface area contributed by atoms with Crippen LogP contribution in [0.3, 0.4) is 0 Å². The second-order valence-electron chi connectivity index (χ2n) is 7.44. The van der Waals surface area contributed by atoms with Gasteiger partial charge in [-0.25, -0.2) is 9.78 Å². The molecule has 3 aromatic rings. The number of rotatable bonds is 4. The third-order valence-corrected chi connectivity index (χ3v) is 5.94. The average molecular weight is 408 g/mol. The van der Waals surface area contributed by atoms with Crippen molar-refractivity contribution in [3.63, 3.8) is 0 Å². The van der Waals surface area contributed by atoms with Crippen LogP contribution in [-0.2, 0) is 6.42 Å². The van der Waals surface area contributed by atoms with E-state index in [-0.39, 0.29) is 12.1 Å². The van der Waals surface area contributed by atoms with E-state index in [0.717, 1.165) is 36.2 Å². The zero-order valence-electron chi connectivity index (χ0n) is 16.7. The molecule has 1 N–H and O–H groups in total. The minimum absolute atomic E-state index is 0.0527. The van der Waals surface area contributed by atoms with Crippen molar-refractivity contribution >= 4 is 28.4 Å². The van der Waals surface area contributed by atoms with Gasteiger partial charge in [0.2, 0.25) is 5.13 Å². The number of urea groups is 1. The molecule has 0 aliphatic carbocycles. The molecule has 1 aliphatic heterocycles. The van der Waals surface area contributed by atoms with Gasteiger partial charge >= 0.3 is 6.03 Å². The molecule has 7 heteroatoms. The zero-order chi connectivity index (χ0) is 20.2. The van der Waals surface area contributed by atoms with Gasteiger partial charge in [-0.05, 0) is 31.5 Å². The van der Waals surface area contributed by atoms with E-state index >= 15 is 0 Å². The number of nitrogens with one attached hydrogen (secondary N) is 1. The van der Waals surface area contributed by atoms with Crippen molar-refractivity contribution in [3.05, 3.63) is 71.5 Å². The van der Waals surface area contributed by atoms with Gasteiger partial charge in [-0.2, -0.15) is 4.37 Å². The lowest BCUT2D eigenvalue weighted by Gasteiger charge is -2.39. The Morgan fingerprint density at radius 3 is 2.62 bits per heavy atom. The Balaban J connectivity index is 1.35. The van der Waals surface area contributed by atoms with Crippen LogP contribution in [0, 0.1) is 6.92 Å². The topological polar surface area (TPSA) is 61.4 Å². The molecular formula is C22H25N5OS. The van der Waals surface area contributed by atoms with Crippen molar-refractivity contribution in [3.8, 4) is 0 Å². The van der Waals surface area contributed by atoms with Crippen LogP contribution in [-0.4, -0.2) is 46.0 Å². The summed E-state index contributed by atoms with van der Waals surface area (Å²) in [6.45, 7) is 6.28. The normalized spacial score (nSPS) is 16.7. The summed E-state index contributed by atoms with van der Waals surface area (Å²) in [6, 6.07) is 18.2. The Bertz CT molecular complexity index is 957. The number of benzene rings is 2. The fraction of sp³-hybridized carbons (Fsp3) is 0.318. The lowest BCUT2D eigenvalue weighted by molar-refractivity contribution is 0.185. The summed E-state index contributed by atoms with van der Waals surface area (Å²) in [5, 5.41) is 3.93. The molecule has 2 heterocycles. The van der Waals surface area contributed by atoms with Crippen LogP contribution >= 0.6 is 11.5 Å². The van der Waals surface area contributed by atoms with E-state index in [4.69, 9.17) is 4.98 Å². The van der Waals surface area contributed by atoms with Gasteiger partial charge < -0.3 is 15.1 Å². The van der Waals surface area contributed by atoms with Gasteiger partial charge in [0.15, 0.2) is 0 Å². The number of nitrogens with zero attached hydrogens (tertiary/aromatic N) is 4. The monoisotopic (exact) mass is 407 g/mol. The number of aromatic nitrogens is 2. The molecule has 1 saturated heterocycles. The van der Waals surface area contributed by atoms with Crippen molar-refractivity contribution < 1.29 is 4.79 Å². The first-order valence-corrected chi connectivity index (χ1v) is 10.6. The Morgan fingerprint density at radius 1 is 1.14 bits per heavy atom. The van der Waals surface area contributed by atoms with Crippen molar-refractivity contribution in [2.24, 2.45) is 0 Å². The SMILES string of the molecule is Cc1ccc(NC(=O)N2CCN(c3nc(Cc4ccccc4)ns3)CC2C)cc1. The summed E-state index contributed by atoms with van der Waals surface area (Å²) in [5.41, 5.74) is 3.21. The van der Waals surface area contributed by atoms with Crippen molar-refractivity contribution in [1.29, 1.82) is 0 Å². The van der Waals surface area contributed by atoms with E-state index in [0.29, 0.717) is 6.54 Å². The highest BCUT2D eigenvalue weighted by Crippen LogP contribution is 2.23. The highest BCUT2D eigenvalue weighted by atomic mass is 32.1. The van der Waals surface area contributed by atoms with Crippen LogP contribution in [0.25, 0.3) is 0 Å². The minimum atomic E-state index is -0.0527. The van der Waals surface area contributed by atoms with Crippen LogP contribution in [0.4, 0.5) is 15.6 Å². The molecule has 150 valence electrons. The molecule has 1 atom stereocenters. The van der Waals surface area contributed by atoms with Crippen LogP contribution in [0.15, 0.2) is 54.6 Å². The molecule has 1 aromatic heterocycles. The molecule has 4 rings (SSSR count). The lowest BCUT2D eigenvalue weighted by atomic mass is 10.1. The number of amides is 2. The Morgan fingerprint density at radius 2 is 1.90 bits per heavy atom. The summed E-state index contributed by atoms with van der Waals surface area (Å²) in [6.07, 6.45) is 0.742. The molecule has 1 fully saturated rings. The second-order valence-corrected chi connectivity index (χ2v) is 8.17. The highest BCUT2D eigenvalue weighted by Gasteiger charge is 2.29. The first-order valence-electron chi connectivity index (χ1n) is 9.84.